The minimum atomic E-state index is 0.801. The Labute approximate surface area is 83.4 Å². The van der Waals surface area contributed by atoms with E-state index >= 15 is 0 Å². The summed E-state index contributed by atoms with van der Waals surface area (Å²) in [5.74, 6) is 3.35. The molecule has 0 saturated heterocycles. The Bertz CT molecular complexity index is 188. The Morgan fingerprint density at radius 3 is 2.23 bits per heavy atom. The highest BCUT2D eigenvalue weighted by Crippen LogP contribution is 2.40. The molecule has 0 heterocycles. The largest absolute Gasteiger partial charge is 0.0814 e. The molecule has 1 saturated carbocycles. The van der Waals surface area contributed by atoms with Crippen molar-refractivity contribution in [1.29, 1.82) is 0 Å². The highest BCUT2D eigenvalue weighted by Gasteiger charge is 2.27. The summed E-state index contributed by atoms with van der Waals surface area (Å²) >= 11 is 0. The highest BCUT2D eigenvalue weighted by atomic mass is 14.3. The molecule has 0 heteroatoms. The molecule has 1 aliphatic rings. The van der Waals surface area contributed by atoms with Gasteiger partial charge in [0, 0.05) is 0 Å². The molecule has 0 nitrogen and oxygen atoms in total. The Kier molecular flexibility index (Phi) is 3.58. The molecule has 1 fully saturated rings. The van der Waals surface area contributed by atoms with Gasteiger partial charge in [0.2, 0.25) is 0 Å². The van der Waals surface area contributed by atoms with Gasteiger partial charge in [-0.25, -0.2) is 0 Å². The topological polar surface area (TPSA) is 0 Å². The van der Waals surface area contributed by atoms with Gasteiger partial charge in [-0.05, 0) is 30.1 Å². The first-order valence-electron chi connectivity index (χ1n) is 5.76. The van der Waals surface area contributed by atoms with Gasteiger partial charge in [-0.15, -0.1) is 0 Å². The van der Waals surface area contributed by atoms with Gasteiger partial charge in [0.05, 0.1) is 0 Å². The summed E-state index contributed by atoms with van der Waals surface area (Å²) in [6.45, 7) is 11.7. The zero-order valence-corrected chi connectivity index (χ0v) is 9.80. The summed E-state index contributed by atoms with van der Waals surface area (Å²) in [4.78, 5) is 0. The molecule has 1 rings (SSSR count). The van der Waals surface area contributed by atoms with Crippen LogP contribution in [0.5, 0.6) is 0 Å². The molecule has 3 atom stereocenters. The molecule has 3 unspecified atom stereocenters. The molecular formula is C13H24. The molecule has 13 heavy (non-hydrogen) atoms. The van der Waals surface area contributed by atoms with Crippen LogP contribution in [0.1, 0.15) is 47.5 Å². The quantitative estimate of drug-likeness (QED) is 0.567. The van der Waals surface area contributed by atoms with E-state index in [1.807, 2.05) is 0 Å². The third-order valence-corrected chi connectivity index (χ3v) is 3.49. The van der Waals surface area contributed by atoms with Gasteiger partial charge in [-0.2, -0.15) is 0 Å². The lowest BCUT2D eigenvalue weighted by molar-refractivity contribution is 0.325. The number of rotatable bonds is 4. The van der Waals surface area contributed by atoms with Crippen molar-refractivity contribution in [2.24, 2.45) is 23.7 Å². The summed E-state index contributed by atoms with van der Waals surface area (Å²) in [5.41, 5.74) is 1.71. The average Bonchev–Trinajstić information content (AvgIpc) is 2.76. The van der Waals surface area contributed by atoms with Crippen molar-refractivity contribution in [2.45, 2.75) is 47.5 Å². The van der Waals surface area contributed by atoms with E-state index in [0.717, 1.165) is 23.7 Å². The normalized spacial score (nSPS) is 29.4. The second-order valence-corrected chi connectivity index (χ2v) is 5.05. The lowest BCUT2D eigenvalue weighted by atomic mass is 9.82. The average molecular weight is 180 g/mol. The zero-order chi connectivity index (χ0) is 10.0. The van der Waals surface area contributed by atoms with Crippen LogP contribution in [0.15, 0.2) is 11.6 Å². The molecule has 0 amide bonds. The van der Waals surface area contributed by atoms with E-state index in [-0.39, 0.29) is 0 Å². The van der Waals surface area contributed by atoms with Gasteiger partial charge in [0.25, 0.3) is 0 Å². The van der Waals surface area contributed by atoms with E-state index in [9.17, 15) is 0 Å². The van der Waals surface area contributed by atoms with E-state index in [1.165, 1.54) is 12.8 Å². The monoisotopic (exact) mass is 180 g/mol. The molecule has 0 spiro atoms. The second-order valence-electron chi connectivity index (χ2n) is 5.05. The maximum absolute atomic E-state index is 2.56. The third-order valence-electron chi connectivity index (χ3n) is 3.49. The van der Waals surface area contributed by atoms with Crippen LogP contribution in [-0.2, 0) is 0 Å². The number of hydrogen-bond donors (Lipinski definition) is 0. The summed E-state index contributed by atoms with van der Waals surface area (Å²) in [5, 5.41) is 0. The fourth-order valence-electron chi connectivity index (χ4n) is 2.06. The molecular weight excluding hydrogens is 156 g/mol. The predicted molar refractivity (Wildman–Crippen MR) is 59.6 cm³/mol. The van der Waals surface area contributed by atoms with Crippen LogP contribution in [-0.4, -0.2) is 0 Å². The summed E-state index contributed by atoms with van der Waals surface area (Å²) < 4.78 is 0. The Hall–Kier alpha value is -0.260. The fourth-order valence-corrected chi connectivity index (χ4v) is 2.06. The molecule has 76 valence electrons. The molecule has 0 aromatic rings. The number of allylic oxidation sites excluding steroid dienone is 2. The SMILES string of the molecule is CCC(C)C(C=C1CC1C)C(C)C. The second kappa shape index (κ2) is 4.30. The van der Waals surface area contributed by atoms with Gasteiger partial charge in [-0.1, -0.05) is 52.7 Å². The van der Waals surface area contributed by atoms with Gasteiger partial charge >= 0.3 is 0 Å². The van der Waals surface area contributed by atoms with E-state index in [2.05, 4.69) is 40.7 Å². The van der Waals surface area contributed by atoms with Crippen LogP contribution < -0.4 is 0 Å². The highest BCUT2D eigenvalue weighted by molar-refractivity contribution is 5.23. The van der Waals surface area contributed by atoms with Crippen molar-refractivity contribution < 1.29 is 0 Å². The Balaban J connectivity index is 2.58. The van der Waals surface area contributed by atoms with Crippen molar-refractivity contribution in [1.82, 2.24) is 0 Å². The first-order valence-corrected chi connectivity index (χ1v) is 5.76. The third kappa shape index (κ3) is 2.86. The number of hydrogen-bond acceptors (Lipinski definition) is 0. The van der Waals surface area contributed by atoms with Crippen molar-refractivity contribution in [2.75, 3.05) is 0 Å². The minimum absolute atomic E-state index is 0.801. The van der Waals surface area contributed by atoms with Crippen molar-refractivity contribution >= 4 is 0 Å². The van der Waals surface area contributed by atoms with Crippen molar-refractivity contribution in [3.05, 3.63) is 11.6 Å². The lowest BCUT2D eigenvalue weighted by Gasteiger charge is -2.23. The zero-order valence-electron chi connectivity index (χ0n) is 9.80. The van der Waals surface area contributed by atoms with Crippen LogP contribution in [0.25, 0.3) is 0 Å². The van der Waals surface area contributed by atoms with Crippen molar-refractivity contribution in [3.63, 3.8) is 0 Å². The van der Waals surface area contributed by atoms with E-state index in [4.69, 9.17) is 0 Å². The molecule has 0 radical (unpaired) electrons. The smallest absolute Gasteiger partial charge is 0.0182 e. The van der Waals surface area contributed by atoms with Gasteiger partial charge in [0.1, 0.15) is 0 Å². The predicted octanol–water partition coefficient (Wildman–Crippen LogP) is 4.27. The van der Waals surface area contributed by atoms with Crippen LogP contribution in [0, 0.1) is 23.7 Å². The lowest BCUT2D eigenvalue weighted by Crippen LogP contribution is -2.14. The molecule has 0 N–H and O–H groups in total. The van der Waals surface area contributed by atoms with Crippen LogP contribution in [0.4, 0.5) is 0 Å². The molecule has 1 aliphatic carbocycles. The summed E-state index contributed by atoms with van der Waals surface area (Å²) in [6, 6.07) is 0. The first kappa shape index (κ1) is 10.8. The van der Waals surface area contributed by atoms with Crippen molar-refractivity contribution in [3.8, 4) is 0 Å². The van der Waals surface area contributed by atoms with E-state index in [1.54, 1.807) is 5.57 Å². The van der Waals surface area contributed by atoms with Crippen LogP contribution >= 0.6 is 0 Å². The maximum Gasteiger partial charge on any atom is -0.0182 e. The maximum atomic E-state index is 2.56. The first-order chi connectivity index (χ1) is 6.06. The molecule has 0 aromatic heterocycles. The Morgan fingerprint density at radius 1 is 1.38 bits per heavy atom. The molecule has 0 aromatic carbocycles. The minimum Gasteiger partial charge on any atom is -0.0814 e. The summed E-state index contributed by atoms with van der Waals surface area (Å²) in [6.07, 6.45) is 5.23. The van der Waals surface area contributed by atoms with Crippen LogP contribution in [0.2, 0.25) is 0 Å². The van der Waals surface area contributed by atoms with E-state index < -0.39 is 0 Å². The summed E-state index contributed by atoms with van der Waals surface area (Å²) in [7, 11) is 0. The van der Waals surface area contributed by atoms with E-state index in [0.29, 0.717) is 0 Å². The van der Waals surface area contributed by atoms with Gasteiger partial charge < -0.3 is 0 Å². The molecule has 0 aliphatic heterocycles. The molecule has 0 bridgehead atoms. The van der Waals surface area contributed by atoms with Gasteiger partial charge in [0.15, 0.2) is 0 Å². The fraction of sp³-hybridized carbons (Fsp3) is 0.846. The standard InChI is InChI=1S/C13H24/c1-6-10(4)13(9(2)3)8-12-7-11(12)5/h8-11,13H,6-7H2,1-5H3. The van der Waals surface area contributed by atoms with Crippen LogP contribution in [0.3, 0.4) is 0 Å². The Morgan fingerprint density at radius 2 is 1.92 bits per heavy atom. The van der Waals surface area contributed by atoms with Gasteiger partial charge in [-0.3, -0.25) is 0 Å².